The molecular formula is C13H13Cl2NO5. The smallest absolute Gasteiger partial charge is 0.339 e. The van der Waals surface area contributed by atoms with Crippen LogP contribution in [0.3, 0.4) is 0 Å². The first-order valence-electron chi connectivity index (χ1n) is 6.37. The monoisotopic (exact) mass is 333 g/mol. The Morgan fingerprint density at radius 1 is 1.38 bits per heavy atom. The van der Waals surface area contributed by atoms with Crippen LogP contribution >= 0.6 is 23.2 Å². The van der Waals surface area contributed by atoms with E-state index in [0.29, 0.717) is 13.2 Å². The number of nitrogens with zero attached hydrogens (tertiary/aromatic N) is 1. The zero-order valence-corrected chi connectivity index (χ0v) is 12.5. The van der Waals surface area contributed by atoms with Crippen molar-refractivity contribution in [3.63, 3.8) is 0 Å². The van der Waals surface area contributed by atoms with E-state index in [9.17, 15) is 14.9 Å². The van der Waals surface area contributed by atoms with Crippen LogP contribution in [0.2, 0.25) is 10.0 Å². The van der Waals surface area contributed by atoms with Crippen molar-refractivity contribution in [3.05, 3.63) is 37.9 Å². The third-order valence-corrected chi connectivity index (χ3v) is 4.04. The molecule has 21 heavy (non-hydrogen) atoms. The number of hydrogen-bond donors (Lipinski definition) is 0. The molecule has 0 spiro atoms. The first-order chi connectivity index (χ1) is 9.99. The van der Waals surface area contributed by atoms with Gasteiger partial charge in [0, 0.05) is 25.3 Å². The van der Waals surface area contributed by atoms with Gasteiger partial charge in [-0.15, -0.1) is 0 Å². The van der Waals surface area contributed by atoms with E-state index in [0.717, 1.165) is 25.0 Å². The molecule has 1 aliphatic heterocycles. The van der Waals surface area contributed by atoms with Crippen LogP contribution in [0, 0.1) is 16.0 Å². The van der Waals surface area contributed by atoms with E-state index in [1.807, 2.05) is 0 Å². The summed E-state index contributed by atoms with van der Waals surface area (Å²) in [4.78, 5) is 22.2. The van der Waals surface area contributed by atoms with E-state index in [2.05, 4.69) is 0 Å². The standard InChI is InChI=1S/C13H13Cl2NO5/c14-11-6-9(16(18)19)5-10(12(11)15)13(17)21-7-8-1-3-20-4-2-8/h5-6,8H,1-4,7H2. The van der Waals surface area contributed by atoms with Crippen LogP contribution in [0.4, 0.5) is 5.69 Å². The Balaban J connectivity index is 2.09. The molecule has 0 aliphatic carbocycles. The second-order valence-electron chi connectivity index (χ2n) is 4.70. The highest BCUT2D eigenvalue weighted by Gasteiger charge is 2.22. The Hall–Kier alpha value is -1.37. The minimum Gasteiger partial charge on any atom is -0.462 e. The Labute approximate surface area is 131 Å². The second-order valence-corrected chi connectivity index (χ2v) is 5.49. The summed E-state index contributed by atoms with van der Waals surface area (Å²) in [6.07, 6.45) is 1.63. The van der Waals surface area contributed by atoms with Crippen LogP contribution < -0.4 is 0 Å². The topological polar surface area (TPSA) is 78.7 Å². The van der Waals surface area contributed by atoms with Crippen molar-refractivity contribution >= 4 is 34.9 Å². The summed E-state index contributed by atoms with van der Waals surface area (Å²) in [7, 11) is 0. The Morgan fingerprint density at radius 2 is 2.05 bits per heavy atom. The van der Waals surface area contributed by atoms with Crippen molar-refractivity contribution in [1.29, 1.82) is 0 Å². The number of non-ortho nitro benzene ring substituents is 1. The summed E-state index contributed by atoms with van der Waals surface area (Å²) in [5.41, 5.74) is -0.398. The Kier molecular flexibility index (Phi) is 5.39. The van der Waals surface area contributed by atoms with Crippen LogP contribution in [0.25, 0.3) is 0 Å². The van der Waals surface area contributed by atoms with Crippen LogP contribution in [0.15, 0.2) is 12.1 Å². The van der Waals surface area contributed by atoms with Crippen molar-refractivity contribution in [1.82, 2.24) is 0 Å². The third kappa shape index (κ3) is 4.06. The molecule has 6 nitrogen and oxygen atoms in total. The highest BCUT2D eigenvalue weighted by atomic mass is 35.5. The summed E-state index contributed by atoms with van der Waals surface area (Å²) in [5.74, 6) is -0.479. The molecule has 0 radical (unpaired) electrons. The van der Waals surface area contributed by atoms with Gasteiger partial charge >= 0.3 is 5.97 Å². The van der Waals surface area contributed by atoms with Gasteiger partial charge in [0.05, 0.1) is 27.1 Å². The lowest BCUT2D eigenvalue weighted by Crippen LogP contribution is -2.22. The van der Waals surface area contributed by atoms with E-state index in [1.54, 1.807) is 0 Å². The zero-order valence-electron chi connectivity index (χ0n) is 11.0. The first-order valence-corrected chi connectivity index (χ1v) is 7.13. The predicted molar refractivity (Wildman–Crippen MR) is 76.9 cm³/mol. The van der Waals surface area contributed by atoms with Crippen molar-refractivity contribution in [2.24, 2.45) is 5.92 Å². The van der Waals surface area contributed by atoms with E-state index in [1.165, 1.54) is 0 Å². The molecule has 0 bridgehead atoms. The predicted octanol–water partition coefficient (Wildman–Crippen LogP) is 3.49. The molecule has 0 atom stereocenters. The molecule has 0 unspecified atom stereocenters. The number of nitro groups is 1. The summed E-state index contributed by atoms with van der Waals surface area (Å²) in [6, 6.07) is 2.17. The maximum Gasteiger partial charge on any atom is 0.339 e. The van der Waals surface area contributed by atoms with Gasteiger partial charge in [0.2, 0.25) is 0 Å². The van der Waals surface area contributed by atoms with E-state index < -0.39 is 10.9 Å². The highest BCUT2D eigenvalue weighted by Crippen LogP contribution is 2.31. The molecule has 0 saturated carbocycles. The zero-order chi connectivity index (χ0) is 15.4. The Morgan fingerprint density at radius 3 is 2.67 bits per heavy atom. The van der Waals surface area contributed by atoms with Crippen LogP contribution in [0.5, 0.6) is 0 Å². The van der Waals surface area contributed by atoms with E-state index in [-0.39, 0.29) is 33.8 Å². The quantitative estimate of drug-likeness (QED) is 0.478. The van der Waals surface area contributed by atoms with Gasteiger partial charge in [0.25, 0.3) is 5.69 Å². The van der Waals surface area contributed by atoms with Crippen molar-refractivity contribution in [3.8, 4) is 0 Å². The van der Waals surface area contributed by atoms with Crippen molar-refractivity contribution < 1.29 is 19.2 Å². The number of rotatable bonds is 4. The van der Waals surface area contributed by atoms with Crippen LogP contribution in [-0.4, -0.2) is 30.7 Å². The number of carbonyl (C=O) groups is 1. The normalized spacial score (nSPS) is 15.7. The molecular weight excluding hydrogens is 321 g/mol. The average Bonchev–Trinajstić information content (AvgIpc) is 2.48. The molecule has 1 fully saturated rings. The lowest BCUT2D eigenvalue weighted by molar-refractivity contribution is -0.384. The Bertz CT molecular complexity index is 558. The molecule has 0 amide bonds. The maximum atomic E-state index is 12.0. The number of nitro benzene ring substituents is 1. The molecule has 0 N–H and O–H groups in total. The molecule has 1 saturated heterocycles. The lowest BCUT2D eigenvalue weighted by Gasteiger charge is -2.21. The lowest BCUT2D eigenvalue weighted by atomic mass is 10.0. The maximum absolute atomic E-state index is 12.0. The number of halogens is 2. The summed E-state index contributed by atoms with van der Waals surface area (Å²) < 4.78 is 10.4. The molecule has 2 rings (SSSR count). The summed E-state index contributed by atoms with van der Waals surface area (Å²) >= 11 is 11.7. The molecule has 1 aromatic carbocycles. The van der Waals surface area contributed by atoms with Gasteiger partial charge in [-0.05, 0) is 18.8 Å². The third-order valence-electron chi connectivity index (χ3n) is 3.23. The van der Waals surface area contributed by atoms with Crippen LogP contribution in [-0.2, 0) is 9.47 Å². The highest BCUT2D eigenvalue weighted by molar-refractivity contribution is 6.43. The average molecular weight is 334 g/mol. The van der Waals surface area contributed by atoms with Gasteiger partial charge in [-0.1, -0.05) is 23.2 Å². The number of ether oxygens (including phenoxy) is 2. The van der Waals surface area contributed by atoms with Gasteiger partial charge in [0.15, 0.2) is 0 Å². The van der Waals surface area contributed by atoms with Gasteiger partial charge in [-0.2, -0.15) is 0 Å². The second kappa shape index (κ2) is 7.06. The number of hydrogen-bond acceptors (Lipinski definition) is 5. The van der Waals surface area contributed by atoms with E-state index >= 15 is 0 Å². The molecule has 114 valence electrons. The van der Waals surface area contributed by atoms with Crippen LogP contribution in [0.1, 0.15) is 23.2 Å². The fourth-order valence-electron chi connectivity index (χ4n) is 2.01. The number of carbonyl (C=O) groups excluding carboxylic acids is 1. The largest absolute Gasteiger partial charge is 0.462 e. The fourth-order valence-corrected chi connectivity index (χ4v) is 2.41. The van der Waals surface area contributed by atoms with Crippen molar-refractivity contribution in [2.45, 2.75) is 12.8 Å². The molecule has 8 heteroatoms. The van der Waals surface area contributed by atoms with Gasteiger partial charge in [-0.3, -0.25) is 10.1 Å². The summed E-state index contributed by atoms with van der Waals surface area (Å²) in [5, 5.41) is 10.7. The minimum absolute atomic E-state index is 0.0424. The molecule has 1 heterocycles. The van der Waals surface area contributed by atoms with Gasteiger partial charge in [0.1, 0.15) is 0 Å². The van der Waals surface area contributed by atoms with Crippen molar-refractivity contribution in [2.75, 3.05) is 19.8 Å². The van der Waals surface area contributed by atoms with E-state index in [4.69, 9.17) is 32.7 Å². The number of benzene rings is 1. The fraction of sp³-hybridized carbons (Fsp3) is 0.462. The SMILES string of the molecule is O=C(OCC1CCOCC1)c1cc([N+](=O)[O-])cc(Cl)c1Cl. The minimum atomic E-state index is -0.711. The summed E-state index contributed by atoms with van der Waals surface area (Å²) in [6.45, 7) is 1.52. The molecule has 0 aromatic heterocycles. The van der Waals surface area contributed by atoms with Gasteiger partial charge in [-0.25, -0.2) is 4.79 Å². The molecule has 1 aliphatic rings. The first kappa shape index (κ1) is 16.0. The van der Waals surface area contributed by atoms with Gasteiger partial charge < -0.3 is 9.47 Å². The number of esters is 1. The molecule has 1 aromatic rings.